The van der Waals surface area contributed by atoms with Crippen molar-refractivity contribution in [1.29, 1.82) is 0 Å². The second kappa shape index (κ2) is 9.11. The summed E-state index contributed by atoms with van der Waals surface area (Å²) in [5.74, 6) is 5.19. The molecule has 34 heavy (non-hydrogen) atoms. The largest absolute Gasteiger partial charge is 0.497 e. The number of pyridine rings is 1. The number of ether oxygens (including phenoxy) is 2. The van der Waals surface area contributed by atoms with Gasteiger partial charge in [-0.25, -0.2) is 9.59 Å². The van der Waals surface area contributed by atoms with Gasteiger partial charge in [0.2, 0.25) is 5.54 Å². The zero-order chi connectivity index (χ0) is 24.3. The maximum atomic E-state index is 13.0. The number of carbonyl (C=O) groups is 4. The molecule has 0 bridgehead atoms. The van der Waals surface area contributed by atoms with E-state index >= 15 is 0 Å². The van der Waals surface area contributed by atoms with Crippen molar-refractivity contribution in [2.24, 2.45) is 0 Å². The third-order valence-electron chi connectivity index (χ3n) is 5.25. The third kappa shape index (κ3) is 4.47. The van der Waals surface area contributed by atoms with Crippen molar-refractivity contribution in [1.82, 2.24) is 20.5 Å². The number of imide groups is 1. The van der Waals surface area contributed by atoms with Crippen LogP contribution in [0.1, 0.15) is 28.4 Å². The molecule has 1 aromatic heterocycles. The van der Waals surface area contributed by atoms with E-state index in [1.807, 2.05) is 0 Å². The maximum Gasteiger partial charge on any atom is 0.411 e. The summed E-state index contributed by atoms with van der Waals surface area (Å²) in [4.78, 5) is 54.8. The van der Waals surface area contributed by atoms with Crippen molar-refractivity contribution in [2.45, 2.75) is 19.0 Å². The van der Waals surface area contributed by atoms with E-state index in [9.17, 15) is 19.2 Å². The Morgan fingerprint density at radius 3 is 2.79 bits per heavy atom. The molecular weight excluding hydrogens is 442 g/mol. The average molecular weight is 463 g/mol. The molecule has 5 amide bonds. The van der Waals surface area contributed by atoms with Crippen molar-refractivity contribution < 1.29 is 28.7 Å². The highest BCUT2D eigenvalue weighted by molar-refractivity contribution is 6.10. The van der Waals surface area contributed by atoms with E-state index in [0.717, 1.165) is 5.56 Å². The molecule has 3 N–H and O–H groups in total. The van der Waals surface area contributed by atoms with Gasteiger partial charge in [-0.05, 0) is 30.7 Å². The van der Waals surface area contributed by atoms with Crippen molar-refractivity contribution in [2.75, 3.05) is 25.6 Å². The normalized spacial score (nSPS) is 18.4. The van der Waals surface area contributed by atoms with E-state index in [1.165, 1.54) is 24.4 Å². The number of nitrogens with zero attached hydrogens (tertiary/aromatic N) is 2. The number of hydrogen-bond acceptors (Lipinski definition) is 7. The molecular formula is C23H21N5O6. The van der Waals surface area contributed by atoms with Crippen LogP contribution in [0, 0.1) is 11.8 Å². The van der Waals surface area contributed by atoms with Gasteiger partial charge in [-0.2, -0.15) is 0 Å². The second-order valence-corrected chi connectivity index (χ2v) is 7.56. The molecule has 174 valence electrons. The molecule has 4 rings (SSSR count). The number of amides is 5. The molecule has 11 nitrogen and oxygen atoms in total. The molecule has 0 saturated carbocycles. The van der Waals surface area contributed by atoms with Crippen LogP contribution in [-0.4, -0.2) is 59.6 Å². The van der Waals surface area contributed by atoms with Crippen LogP contribution in [0.5, 0.6) is 5.75 Å². The summed E-state index contributed by atoms with van der Waals surface area (Å²) < 4.78 is 10.0. The van der Waals surface area contributed by atoms with Gasteiger partial charge in [-0.3, -0.25) is 25.2 Å². The fourth-order valence-electron chi connectivity index (χ4n) is 3.65. The molecule has 0 unspecified atom stereocenters. The summed E-state index contributed by atoms with van der Waals surface area (Å²) in [5, 5.41) is 7.25. The first kappa shape index (κ1) is 22.6. The second-order valence-electron chi connectivity index (χ2n) is 7.56. The SMILES string of the molecule is CCOC(=O)Nc1cncc(C#C[C@]2(CN3Cc4ccc(OC)cc4C3=O)NC(=O)NC2=O)c1. The van der Waals surface area contributed by atoms with Crippen molar-refractivity contribution in [3.8, 4) is 17.6 Å². The molecule has 2 aliphatic rings. The first-order valence-corrected chi connectivity index (χ1v) is 10.4. The predicted molar refractivity (Wildman–Crippen MR) is 119 cm³/mol. The molecule has 2 aliphatic heterocycles. The number of rotatable bonds is 5. The first-order chi connectivity index (χ1) is 16.3. The quantitative estimate of drug-likeness (QED) is 0.448. The van der Waals surface area contributed by atoms with Crippen LogP contribution in [0.2, 0.25) is 0 Å². The van der Waals surface area contributed by atoms with Gasteiger partial charge in [-0.1, -0.05) is 17.9 Å². The Labute approximate surface area is 194 Å². The van der Waals surface area contributed by atoms with E-state index in [-0.39, 0.29) is 25.6 Å². The zero-order valence-corrected chi connectivity index (χ0v) is 18.4. The first-order valence-electron chi connectivity index (χ1n) is 10.4. The van der Waals surface area contributed by atoms with E-state index in [1.54, 1.807) is 31.2 Å². The van der Waals surface area contributed by atoms with E-state index < -0.39 is 23.6 Å². The van der Waals surface area contributed by atoms with Crippen LogP contribution in [0.25, 0.3) is 0 Å². The molecule has 2 aromatic rings. The summed E-state index contributed by atoms with van der Waals surface area (Å²) in [6.07, 6.45) is 2.21. The number of aromatic nitrogens is 1. The molecule has 1 saturated heterocycles. The lowest BCUT2D eigenvalue weighted by Gasteiger charge is -2.26. The fourth-order valence-corrected chi connectivity index (χ4v) is 3.65. The Balaban J connectivity index is 1.59. The lowest BCUT2D eigenvalue weighted by atomic mass is 9.99. The van der Waals surface area contributed by atoms with Gasteiger partial charge in [-0.15, -0.1) is 0 Å². The van der Waals surface area contributed by atoms with Crippen LogP contribution in [0.3, 0.4) is 0 Å². The van der Waals surface area contributed by atoms with Crippen LogP contribution in [0.15, 0.2) is 36.7 Å². The maximum absolute atomic E-state index is 13.0. The summed E-state index contributed by atoms with van der Waals surface area (Å²) in [5.41, 5.74) is 0.306. The van der Waals surface area contributed by atoms with E-state index in [4.69, 9.17) is 9.47 Å². The number of methoxy groups -OCH3 is 1. The molecule has 0 aliphatic carbocycles. The van der Waals surface area contributed by atoms with Gasteiger partial charge in [0.05, 0.1) is 32.1 Å². The van der Waals surface area contributed by atoms with Crippen LogP contribution < -0.4 is 20.7 Å². The van der Waals surface area contributed by atoms with Crippen LogP contribution >= 0.6 is 0 Å². The van der Waals surface area contributed by atoms with Gasteiger partial charge in [0, 0.05) is 23.9 Å². The Morgan fingerprint density at radius 2 is 2.09 bits per heavy atom. The van der Waals surface area contributed by atoms with Crippen molar-refractivity contribution >= 4 is 29.6 Å². The van der Waals surface area contributed by atoms with Gasteiger partial charge >= 0.3 is 12.1 Å². The molecule has 0 radical (unpaired) electrons. The summed E-state index contributed by atoms with van der Waals surface area (Å²) >= 11 is 0. The highest BCUT2D eigenvalue weighted by atomic mass is 16.5. The Hall–Kier alpha value is -4.59. The standard InChI is InChI=1S/C23H21N5O6/c1-3-34-22(32)25-16-8-14(10-24-11-16)6-7-23(20(30)26-21(31)27-23)13-28-12-15-4-5-17(33-2)9-18(15)19(28)29/h4-5,8-11H,3,12-13H2,1-2H3,(H,25,32)(H2,26,27,30,31)/t23-/m1/s1. The van der Waals surface area contributed by atoms with Crippen molar-refractivity contribution in [3.63, 3.8) is 0 Å². The number of anilines is 1. The Kier molecular flexibility index (Phi) is 6.05. The summed E-state index contributed by atoms with van der Waals surface area (Å²) in [6, 6.07) is 6.01. The molecule has 3 heterocycles. The summed E-state index contributed by atoms with van der Waals surface area (Å²) in [7, 11) is 1.51. The number of nitrogens with one attached hydrogen (secondary N) is 3. The minimum absolute atomic E-state index is 0.165. The highest BCUT2D eigenvalue weighted by Gasteiger charge is 2.48. The van der Waals surface area contributed by atoms with Crippen LogP contribution in [0.4, 0.5) is 15.3 Å². The molecule has 1 aromatic carbocycles. The van der Waals surface area contributed by atoms with Gasteiger partial charge in [0.15, 0.2) is 0 Å². The van der Waals surface area contributed by atoms with Gasteiger partial charge in [0.1, 0.15) is 5.75 Å². The lowest BCUT2D eigenvalue weighted by molar-refractivity contribution is -0.122. The number of urea groups is 1. The van der Waals surface area contributed by atoms with Gasteiger partial charge in [0.25, 0.3) is 11.8 Å². The van der Waals surface area contributed by atoms with Gasteiger partial charge < -0.3 is 19.7 Å². The molecule has 1 fully saturated rings. The fraction of sp³-hybridized carbons (Fsp3) is 0.261. The molecule has 0 spiro atoms. The van der Waals surface area contributed by atoms with E-state index in [0.29, 0.717) is 22.6 Å². The third-order valence-corrected chi connectivity index (χ3v) is 5.25. The van der Waals surface area contributed by atoms with Crippen molar-refractivity contribution in [3.05, 3.63) is 53.3 Å². The monoisotopic (exact) mass is 463 g/mol. The van der Waals surface area contributed by atoms with Crippen LogP contribution in [-0.2, 0) is 16.1 Å². The number of benzene rings is 1. The van der Waals surface area contributed by atoms with E-state index in [2.05, 4.69) is 32.8 Å². The zero-order valence-electron chi connectivity index (χ0n) is 18.4. The minimum atomic E-state index is -1.66. The highest BCUT2D eigenvalue weighted by Crippen LogP contribution is 2.28. The predicted octanol–water partition coefficient (Wildman–Crippen LogP) is 1.24. The molecule has 11 heteroatoms. The Morgan fingerprint density at radius 1 is 1.26 bits per heavy atom. The number of carbonyl (C=O) groups excluding carboxylic acids is 4. The Bertz CT molecular complexity index is 1250. The number of fused-ring (bicyclic) bond motifs is 1. The minimum Gasteiger partial charge on any atom is -0.497 e. The number of hydrogen-bond donors (Lipinski definition) is 3. The smallest absolute Gasteiger partial charge is 0.411 e. The topological polar surface area (TPSA) is 139 Å². The lowest BCUT2D eigenvalue weighted by Crippen LogP contribution is -2.54. The molecule has 1 atom stereocenters. The average Bonchev–Trinajstić information content (AvgIpc) is 3.27. The summed E-state index contributed by atoms with van der Waals surface area (Å²) in [6.45, 7) is 1.98.